The number of methoxy groups -OCH3 is 2. The van der Waals surface area contributed by atoms with Gasteiger partial charge < -0.3 is 14.6 Å². The van der Waals surface area contributed by atoms with E-state index in [0.717, 1.165) is 0 Å². The summed E-state index contributed by atoms with van der Waals surface area (Å²) >= 11 is 0. The fourth-order valence-electron chi connectivity index (χ4n) is 1.82. The molecule has 0 aliphatic rings. The number of ether oxygens (including phenoxy) is 2. The third-order valence-corrected chi connectivity index (χ3v) is 3.24. The number of carbonyl (C=O) groups is 1. The molecule has 0 heterocycles. The van der Waals surface area contributed by atoms with Crippen LogP contribution in [0.2, 0.25) is 0 Å². The summed E-state index contributed by atoms with van der Waals surface area (Å²) in [5, 5.41) is 10.2. The van der Waals surface area contributed by atoms with Crippen molar-refractivity contribution in [1.29, 1.82) is 0 Å². The van der Waals surface area contributed by atoms with E-state index in [9.17, 15) is 9.90 Å². The van der Waals surface area contributed by atoms with Gasteiger partial charge in [0, 0.05) is 5.56 Å². The summed E-state index contributed by atoms with van der Waals surface area (Å²) in [5.74, 6) is 0.761. The smallest absolute Gasteiger partial charge is 0.194 e. The van der Waals surface area contributed by atoms with Gasteiger partial charge in [0.15, 0.2) is 17.3 Å². The lowest BCUT2D eigenvalue weighted by atomic mass is 9.88. The molecule has 0 bridgehead atoms. The second-order valence-corrected chi connectivity index (χ2v) is 4.14. The minimum absolute atomic E-state index is 0.284. The molecule has 4 heteroatoms. The summed E-state index contributed by atoms with van der Waals surface area (Å²) in [6.07, 6.45) is 0.771. The highest BCUT2D eigenvalue weighted by Gasteiger charge is 2.32. The average molecular weight is 252 g/mol. The Labute approximate surface area is 108 Å². The molecule has 18 heavy (non-hydrogen) atoms. The van der Waals surface area contributed by atoms with E-state index in [1.807, 2.05) is 0 Å². The van der Waals surface area contributed by atoms with E-state index in [2.05, 4.69) is 0 Å². The van der Waals surface area contributed by atoms with Crippen molar-refractivity contribution in [2.45, 2.75) is 32.3 Å². The van der Waals surface area contributed by atoms with E-state index in [1.165, 1.54) is 14.2 Å². The first-order valence-corrected chi connectivity index (χ1v) is 6.01. The Balaban J connectivity index is 3.14. The SMILES string of the molecule is CCC(O)(CC)C(=O)c1ccc(OC)c(OC)c1. The molecule has 0 unspecified atom stereocenters. The van der Waals surface area contributed by atoms with E-state index in [1.54, 1.807) is 32.0 Å². The third-order valence-electron chi connectivity index (χ3n) is 3.24. The molecule has 0 saturated carbocycles. The number of rotatable bonds is 6. The quantitative estimate of drug-likeness (QED) is 0.790. The predicted octanol–water partition coefficient (Wildman–Crippen LogP) is 2.44. The van der Waals surface area contributed by atoms with Gasteiger partial charge in [-0.3, -0.25) is 4.79 Å². The number of benzene rings is 1. The molecule has 1 aromatic rings. The molecule has 0 aliphatic carbocycles. The summed E-state index contributed by atoms with van der Waals surface area (Å²) in [5.41, 5.74) is -0.876. The molecule has 1 rings (SSSR count). The number of Topliss-reactive ketones (excluding diaryl/α,β-unsaturated/α-hetero) is 1. The third kappa shape index (κ3) is 2.64. The van der Waals surface area contributed by atoms with Gasteiger partial charge >= 0.3 is 0 Å². The van der Waals surface area contributed by atoms with Crippen molar-refractivity contribution in [3.63, 3.8) is 0 Å². The Morgan fingerprint density at radius 3 is 2.17 bits per heavy atom. The van der Waals surface area contributed by atoms with Crippen LogP contribution in [-0.2, 0) is 0 Å². The van der Waals surface area contributed by atoms with Gasteiger partial charge in [-0.15, -0.1) is 0 Å². The summed E-state index contributed by atoms with van der Waals surface area (Å²) in [7, 11) is 3.05. The van der Waals surface area contributed by atoms with Crippen LogP contribution in [0.15, 0.2) is 18.2 Å². The highest BCUT2D eigenvalue weighted by atomic mass is 16.5. The topological polar surface area (TPSA) is 55.8 Å². The van der Waals surface area contributed by atoms with Crippen LogP contribution in [0.25, 0.3) is 0 Å². The van der Waals surface area contributed by atoms with E-state index in [4.69, 9.17) is 9.47 Å². The Morgan fingerprint density at radius 2 is 1.72 bits per heavy atom. The Morgan fingerprint density at radius 1 is 1.17 bits per heavy atom. The zero-order chi connectivity index (χ0) is 13.8. The second kappa shape index (κ2) is 5.87. The van der Waals surface area contributed by atoms with E-state index >= 15 is 0 Å². The first-order chi connectivity index (χ1) is 8.52. The monoisotopic (exact) mass is 252 g/mol. The average Bonchev–Trinajstić information content (AvgIpc) is 2.44. The van der Waals surface area contributed by atoms with Crippen LogP contribution in [0.3, 0.4) is 0 Å². The highest BCUT2D eigenvalue weighted by molar-refractivity contribution is 6.02. The zero-order valence-corrected chi connectivity index (χ0v) is 11.3. The lowest BCUT2D eigenvalue weighted by Gasteiger charge is -2.23. The largest absolute Gasteiger partial charge is 0.493 e. The molecule has 0 fully saturated rings. The maximum absolute atomic E-state index is 12.3. The second-order valence-electron chi connectivity index (χ2n) is 4.14. The predicted molar refractivity (Wildman–Crippen MR) is 69.4 cm³/mol. The first-order valence-electron chi connectivity index (χ1n) is 6.01. The molecule has 0 spiro atoms. The van der Waals surface area contributed by atoms with Gasteiger partial charge in [0.2, 0.25) is 0 Å². The van der Waals surface area contributed by atoms with Gasteiger partial charge in [-0.25, -0.2) is 0 Å². The minimum Gasteiger partial charge on any atom is -0.493 e. The van der Waals surface area contributed by atoms with E-state index in [0.29, 0.717) is 29.9 Å². The van der Waals surface area contributed by atoms with Crippen molar-refractivity contribution >= 4 is 5.78 Å². The van der Waals surface area contributed by atoms with Gasteiger partial charge in [0.05, 0.1) is 14.2 Å². The molecule has 0 saturated heterocycles. The van der Waals surface area contributed by atoms with Crippen molar-refractivity contribution in [2.75, 3.05) is 14.2 Å². The molecule has 0 aliphatic heterocycles. The normalized spacial score (nSPS) is 11.2. The van der Waals surface area contributed by atoms with E-state index in [-0.39, 0.29) is 5.78 Å². The van der Waals surface area contributed by atoms with Crippen molar-refractivity contribution in [3.8, 4) is 11.5 Å². The van der Waals surface area contributed by atoms with Crippen LogP contribution in [0.4, 0.5) is 0 Å². The molecule has 1 aromatic carbocycles. The molecule has 0 atom stereocenters. The van der Waals surface area contributed by atoms with Crippen LogP contribution < -0.4 is 9.47 Å². The van der Waals surface area contributed by atoms with Crippen LogP contribution in [-0.4, -0.2) is 30.7 Å². The fourth-order valence-corrected chi connectivity index (χ4v) is 1.82. The summed E-state index contributed by atoms with van der Waals surface area (Å²) in [6, 6.07) is 4.90. The summed E-state index contributed by atoms with van der Waals surface area (Å²) in [6.45, 7) is 3.59. The standard InChI is InChI=1S/C14H20O4/c1-5-14(16,6-2)13(15)10-7-8-11(17-3)12(9-10)18-4/h7-9,16H,5-6H2,1-4H3. The molecule has 0 amide bonds. The van der Waals surface area contributed by atoms with Crippen LogP contribution >= 0.6 is 0 Å². The molecule has 1 N–H and O–H groups in total. The Hall–Kier alpha value is -1.55. The van der Waals surface area contributed by atoms with Crippen molar-refractivity contribution in [2.24, 2.45) is 0 Å². The Kier molecular flexibility index (Phi) is 4.73. The summed E-state index contributed by atoms with van der Waals surface area (Å²) < 4.78 is 10.3. The van der Waals surface area contributed by atoms with Crippen molar-refractivity contribution < 1.29 is 19.4 Å². The molecular formula is C14H20O4. The molecule has 4 nitrogen and oxygen atoms in total. The summed E-state index contributed by atoms with van der Waals surface area (Å²) in [4.78, 5) is 12.3. The fraction of sp³-hybridized carbons (Fsp3) is 0.500. The van der Waals surface area contributed by atoms with Crippen LogP contribution in [0.1, 0.15) is 37.0 Å². The van der Waals surface area contributed by atoms with Crippen molar-refractivity contribution in [1.82, 2.24) is 0 Å². The van der Waals surface area contributed by atoms with Crippen LogP contribution in [0, 0.1) is 0 Å². The van der Waals surface area contributed by atoms with E-state index < -0.39 is 5.60 Å². The van der Waals surface area contributed by atoms with Gasteiger partial charge in [-0.05, 0) is 31.0 Å². The number of aliphatic hydroxyl groups is 1. The molecule has 100 valence electrons. The maximum atomic E-state index is 12.3. The Bertz CT molecular complexity index is 422. The molecule has 0 aromatic heterocycles. The van der Waals surface area contributed by atoms with Gasteiger partial charge in [-0.2, -0.15) is 0 Å². The first kappa shape index (κ1) is 14.5. The number of hydrogen-bond donors (Lipinski definition) is 1. The van der Waals surface area contributed by atoms with Gasteiger partial charge in [0.25, 0.3) is 0 Å². The van der Waals surface area contributed by atoms with Crippen molar-refractivity contribution in [3.05, 3.63) is 23.8 Å². The van der Waals surface area contributed by atoms with Crippen LogP contribution in [0.5, 0.6) is 11.5 Å². The van der Waals surface area contributed by atoms with Gasteiger partial charge in [0.1, 0.15) is 5.60 Å². The maximum Gasteiger partial charge on any atom is 0.194 e. The number of hydrogen-bond acceptors (Lipinski definition) is 4. The lowest BCUT2D eigenvalue weighted by molar-refractivity contribution is 0.0277. The lowest BCUT2D eigenvalue weighted by Crippen LogP contribution is -2.37. The molecule has 0 radical (unpaired) electrons. The molecular weight excluding hydrogens is 232 g/mol. The minimum atomic E-state index is -1.31. The highest BCUT2D eigenvalue weighted by Crippen LogP contribution is 2.30. The zero-order valence-electron chi connectivity index (χ0n) is 11.3. The number of carbonyl (C=O) groups excluding carboxylic acids is 1. The van der Waals surface area contributed by atoms with Gasteiger partial charge in [-0.1, -0.05) is 13.8 Å². The number of ketones is 1.